The van der Waals surface area contributed by atoms with Gasteiger partial charge in [0.15, 0.2) is 5.13 Å². The molecular weight excluding hydrogens is 456 g/mol. The number of ether oxygens (including phenoxy) is 2. The third-order valence-corrected chi connectivity index (χ3v) is 6.12. The molecule has 2 aromatic carbocycles. The molecule has 7 nitrogen and oxygen atoms in total. The predicted molar refractivity (Wildman–Crippen MR) is 133 cm³/mol. The van der Waals surface area contributed by atoms with E-state index < -0.39 is 0 Å². The fourth-order valence-electron chi connectivity index (χ4n) is 3.19. The van der Waals surface area contributed by atoms with Gasteiger partial charge in [-0.1, -0.05) is 24.1 Å². The summed E-state index contributed by atoms with van der Waals surface area (Å²) in [6, 6.07) is 17.4. The molecule has 33 heavy (non-hydrogen) atoms. The van der Waals surface area contributed by atoms with Crippen molar-refractivity contribution in [2.45, 2.75) is 26.5 Å². The number of nitrogens with zero attached hydrogens (tertiary/aromatic N) is 3. The quantitative estimate of drug-likeness (QED) is 0.403. The van der Waals surface area contributed by atoms with Crippen LogP contribution in [0, 0.1) is 18.3 Å². The maximum Gasteiger partial charge on any atom is 0.280 e. The Hall–Kier alpha value is -3.06. The molecule has 1 aromatic heterocycles. The van der Waals surface area contributed by atoms with Gasteiger partial charge in [0.05, 0.1) is 24.8 Å². The maximum absolute atomic E-state index is 12.4. The number of carbonyl (C=O) groups is 1. The number of carbonyl (C=O) groups excluding carboxylic acids is 1. The SMILES string of the molecule is COCC(C)Oc1ccc(CN(c2ccc(C#N)cc2)c2nc(C(=O)NSC)c(C)s2)cc1. The highest BCUT2D eigenvalue weighted by molar-refractivity contribution is 7.97. The van der Waals surface area contributed by atoms with Crippen LogP contribution in [0.2, 0.25) is 0 Å². The van der Waals surface area contributed by atoms with Crippen molar-refractivity contribution in [3.63, 3.8) is 0 Å². The molecule has 1 atom stereocenters. The van der Waals surface area contributed by atoms with Gasteiger partial charge in [-0.3, -0.25) is 9.52 Å². The highest BCUT2D eigenvalue weighted by atomic mass is 32.2. The van der Waals surface area contributed by atoms with E-state index >= 15 is 0 Å². The number of anilines is 2. The number of aryl methyl sites for hydroxylation is 1. The second kappa shape index (κ2) is 11.7. The summed E-state index contributed by atoms with van der Waals surface area (Å²) >= 11 is 2.70. The zero-order valence-corrected chi connectivity index (χ0v) is 20.6. The van der Waals surface area contributed by atoms with Crippen LogP contribution in [0.5, 0.6) is 5.75 Å². The van der Waals surface area contributed by atoms with Gasteiger partial charge in [-0.2, -0.15) is 5.26 Å². The molecule has 1 heterocycles. The van der Waals surface area contributed by atoms with Crippen LogP contribution >= 0.6 is 23.3 Å². The zero-order valence-electron chi connectivity index (χ0n) is 19.0. The molecule has 0 aliphatic rings. The van der Waals surface area contributed by atoms with Crippen molar-refractivity contribution < 1.29 is 14.3 Å². The lowest BCUT2D eigenvalue weighted by atomic mass is 10.1. The number of benzene rings is 2. The highest BCUT2D eigenvalue weighted by Crippen LogP contribution is 2.33. The maximum atomic E-state index is 12.4. The normalized spacial score (nSPS) is 11.5. The lowest BCUT2D eigenvalue weighted by Gasteiger charge is -2.22. The van der Waals surface area contributed by atoms with Crippen LogP contribution in [-0.2, 0) is 11.3 Å². The number of nitriles is 1. The number of hydrogen-bond donors (Lipinski definition) is 1. The minimum atomic E-state index is -0.214. The Balaban J connectivity index is 1.89. The van der Waals surface area contributed by atoms with Gasteiger partial charge in [-0.15, -0.1) is 11.3 Å². The first kappa shape index (κ1) is 24.6. The highest BCUT2D eigenvalue weighted by Gasteiger charge is 2.20. The summed E-state index contributed by atoms with van der Waals surface area (Å²) in [5, 5.41) is 9.86. The average molecular weight is 483 g/mol. The van der Waals surface area contributed by atoms with Gasteiger partial charge >= 0.3 is 0 Å². The van der Waals surface area contributed by atoms with Crippen molar-refractivity contribution in [1.29, 1.82) is 5.26 Å². The van der Waals surface area contributed by atoms with Gasteiger partial charge in [0, 0.05) is 23.9 Å². The number of amides is 1. The Morgan fingerprint density at radius 2 is 1.94 bits per heavy atom. The van der Waals surface area contributed by atoms with Crippen molar-refractivity contribution in [1.82, 2.24) is 9.71 Å². The number of rotatable bonds is 10. The van der Waals surface area contributed by atoms with E-state index in [4.69, 9.17) is 14.7 Å². The molecule has 3 rings (SSSR count). The summed E-state index contributed by atoms with van der Waals surface area (Å²) in [6.07, 6.45) is 1.76. The Bertz CT molecular complexity index is 1110. The molecule has 0 aliphatic heterocycles. The van der Waals surface area contributed by atoms with E-state index in [9.17, 15) is 4.79 Å². The molecule has 0 saturated heterocycles. The minimum Gasteiger partial charge on any atom is -0.488 e. The third kappa shape index (κ3) is 6.48. The summed E-state index contributed by atoms with van der Waals surface area (Å²) in [6.45, 7) is 4.90. The Morgan fingerprint density at radius 3 is 2.55 bits per heavy atom. The van der Waals surface area contributed by atoms with Crippen LogP contribution in [0.3, 0.4) is 0 Å². The van der Waals surface area contributed by atoms with Crippen molar-refractivity contribution in [2.24, 2.45) is 0 Å². The van der Waals surface area contributed by atoms with Gasteiger partial charge in [-0.25, -0.2) is 4.98 Å². The lowest BCUT2D eigenvalue weighted by molar-refractivity contribution is 0.0921. The zero-order chi connectivity index (χ0) is 23.8. The van der Waals surface area contributed by atoms with Crippen molar-refractivity contribution in [3.05, 3.63) is 70.2 Å². The molecule has 0 aliphatic carbocycles. The van der Waals surface area contributed by atoms with Gasteiger partial charge < -0.3 is 14.4 Å². The summed E-state index contributed by atoms with van der Waals surface area (Å²) in [4.78, 5) is 19.9. The number of aromatic nitrogens is 1. The minimum absolute atomic E-state index is 0.0415. The van der Waals surface area contributed by atoms with Gasteiger partial charge in [0.25, 0.3) is 5.91 Å². The molecule has 0 radical (unpaired) electrons. The van der Waals surface area contributed by atoms with Crippen molar-refractivity contribution >= 4 is 40.0 Å². The average Bonchev–Trinajstić information content (AvgIpc) is 3.20. The monoisotopic (exact) mass is 482 g/mol. The fraction of sp³-hybridized carbons (Fsp3) is 0.292. The van der Waals surface area contributed by atoms with E-state index in [0.717, 1.165) is 21.9 Å². The van der Waals surface area contributed by atoms with Crippen molar-refractivity contribution in [2.75, 3.05) is 24.9 Å². The van der Waals surface area contributed by atoms with E-state index in [1.165, 1.54) is 23.3 Å². The topological polar surface area (TPSA) is 87.5 Å². The van der Waals surface area contributed by atoms with Crippen LogP contribution in [0.4, 0.5) is 10.8 Å². The van der Waals surface area contributed by atoms with E-state index in [1.54, 1.807) is 25.5 Å². The molecule has 1 amide bonds. The smallest absolute Gasteiger partial charge is 0.280 e. The molecule has 1 unspecified atom stereocenters. The Kier molecular flexibility index (Phi) is 8.72. The second-order valence-electron chi connectivity index (χ2n) is 7.31. The van der Waals surface area contributed by atoms with Gasteiger partial charge in [0.2, 0.25) is 0 Å². The Labute approximate surface area is 202 Å². The largest absolute Gasteiger partial charge is 0.488 e. The number of methoxy groups -OCH3 is 1. The van der Waals surface area contributed by atoms with Crippen LogP contribution in [0.1, 0.15) is 33.4 Å². The molecule has 9 heteroatoms. The van der Waals surface area contributed by atoms with Crippen LogP contribution in [0.15, 0.2) is 48.5 Å². The van der Waals surface area contributed by atoms with E-state index in [1.807, 2.05) is 55.1 Å². The number of thiazole rings is 1. The summed E-state index contributed by atoms with van der Waals surface area (Å²) in [5.74, 6) is 0.559. The third-order valence-electron chi connectivity index (χ3n) is 4.74. The summed E-state index contributed by atoms with van der Waals surface area (Å²) in [5.41, 5.74) is 2.93. The lowest BCUT2D eigenvalue weighted by Crippen LogP contribution is -2.19. The first-order valence-electron chi connectivity index (χ1n) is 10.3. The molecule has 0 saturated carbocycles. The molecule has 0 bridgehead atoms. The van der Waals surface area contributed by atoms with Gasteiger partial charge in [0.1, 0.15) is 17.5 Å². The summed E-state index contributed by atoms with van der Waals surface area (Å²) < 4.78 is 13.7. The van der Waals surface area contributed by atoms with Gasteiger partial charge in [-0.05, 0) is 55.8 Å². The molecular formula is C24H26N4O3S2. The molecule has 0 fully saturated rings. The number of nitrogens with one attached hydrogen (secondary N) is 1. The van der Waals surface area contributed by atoms with E-state index in [0.29, 0.717) is 29.5 Å². The molecule has 3 aromatic rings. The van der Waals surface area contributed by atoms with E-state index in [2.05, 4.69) is 15.8 Å². The van der Waals surface area contributed by atoms with Crippen LogP contribution in [0.25, 0.3) is 0 Å². The molecule has 172 valence electrons. The second-order valence-corrected chi connectivity index (χ2v) is 9.10. The molecule has 0 spiro atoms. The van der Waals surface area contributed by atoms with Crippen LogP contribution in [-0.4, -0.2) is 37.0 Å². The van der Waals surface area contributed by atoms with Crippen LogP contribution < -0.4 is 14.4 Å². The Morgan fingerprint density at radius 1 is 1.24 bits per heavy atom. The first-order chi connectivity index (χ1) is 15.9. The van der Waals surface area contributed by atoms with Crippen molar-refractivity contribution in [3.8, 4) is 11.8 Å². The number of hydrogen-bond acceptors (Lipinski definition) is 8. The standard InChI is InChI=1S/C24H26N4O3S2/c1-16(15-30-3)31-21-11-7-19(8-12-21)14-28(20-9-5-18(13-25)6-10-20)24-26-22(17(2)33-24)23(29)27-32-4/h5-12,16H,14-15H2,1-4H3,(H,27,29). The van der Waals surface area contributed by atoms with E-state index in [-0.39, 0.29) is 12.0 Å². The first-order valence-corrected chi connectivity index (χ1v) is 12.3. The summed E-state index contributed by atoms with van der Waals surface area (Å²) in [7, 11) is 1.65. The molecule has 1 N–H and O–H groups in total. The predicted octanol–water partition coefficient (Wildman–Crippen LogP) is 5.08. The fourth-order valence-corrected chi connectivity index (χ4v) is 4.40.